The number of hydrogen-bond donors (Lipinski definition) is 3. The molecular weight excluding hydrogens is 594 g/mol. The minimum absolute atomic E-state index is 0.0392. The van der Waals surface area contributed by atoms with E-state index in [2.05, 4.69) is 10.6 Å². The van der Waals surface area contributed by atoms with Crippen LogP contribution in [-0.4, -0.2) is 23.5 Å². The van der Waals surface area contributed by atoms with Crippen LogP contribution in [0, 0.1) is 23.3 Å². The van der Waals surface area contributed by atoms with Crippen LogP contribution in [0.25, 0.3) is 6.08 Å². The maximum absolute atomic E-state index is 13.9. The molecule has 0 atom stereocenters. The van der Waals surface area contributed by atoms with Crippen LogP contribution in [-0.2, 0) is 9.59 Å². The smallest absolute Gasteiger partial charge is 0.272 e. The van der Waals surface area contributed by atoms with Crippen LogP contribution in [0.3, 0.4) is 0 Å². The molecule has 0 fully saturated rings. The van der Waals surface area contributed by atoms with Crippen LogP contribution in [0.1, 0.15) is 15.9 Å². The van der Waals surface area contributed by atoms with Crippen LogP contribution in [0.4, 0.5) is 28.9 Å². The zero-order chi connectivity index (χ0) is 30.2. The van der Waals surface area contributed by atoms with Gasteiger partial charge in [0.25, 0.3) is 11.8 Å². The molecule has 42 heavy (non-hydrogen) atoms. The van der Waals surface area contributed by atoms with Gasteiger partial charge in [0.05, 0.1) is 5.75 Å². The second-order valence-corrected chi connectivity index (χ2v) is 10.1. The number of carbonyl (C=O) groups is 3. The highest BCUT2D eigenvalue weighted by atomic mass is 35.5. The molecule has 0 saturated carbocycles. The number of halogens is 5. The SMILES string of the molecule is O=C(CSc1cccc(NC(=O)/C(=C/c2cccc(Cl)c2)NC(=O)c2ccccc2)c1)Nc1c(F)c(F)cc(F)c1F. The van der Waals surface area contributed by atoms with E-state index < -0.39 is 46.7 Å². The van der Waals surface area contributed by atoms with Gasteiger partial charge in [0.15, 0.2) is 23.3 Å². The Morgan fingerprint density at radius 3 is 2.17 bits per heavy atom. The van der Waals surface area contributed by atoms with Crippen molar-refractivity contribution in [2.24, 2.45) is 0 Å². The van der Waals surface area contributed by atoms with Gasteiger partial charge < -0.3 is 16.0 Å². The summed E-state index contributed by atoms with van der Waals surface area (Å²) < 4.78 is 54.6. The van der Waals surface area contributed by atoms with E-state index in [-0.39, 0.29) is 17.5 Å². The molecule has 0 aliphatic heterocycles. The Labute approximate surface area is 246 Å². The third-order valence-electron chi connectivity index (χ3n) is 5.53. The number of anilines is 2. The topological polar surface area (TPSA) is 87.3 Å². The van der Waals surface area contributed by atoms with E-state index in [4.69, 9.17) is 11.6 Å². The quantitative estimate of drug-likeness (QED) is 0.0818. The minimum atomic E-state index is -1.72. The van der Waals surface area contributed by atoms with Crippen molar-refractivity contribution >= 4 is 58.5 Å². The first-order valence-electron chi connectivity index (χ1n) is 12.1. The molecule has 4 rings (SSSR count). The Bertz CT molecular complexity index is 1660. The van der Waals surface area contributed by atoms with Gasteiger partial charge in [-0.3, -0.25) is 14.4 Å². The fourth-order valence-corrected chi connectivity index (χ4v) is 4.53. The second-order valence-electron chi connectivity index (χ2n) is 8.60. The van der Waals surface area contributed by atoms with Crippen molar-refractivity contribution in [1.29, 1.82) is 0 Å². The molecule has 0 unspecified atom stereocenters. The summed E-state index contributed by atoms with van der Waals surface area (Å²) in [6.07, 6.45) is 1.46. The lowest BCUT2D eigenvalue weighted by molar-refractivity contribution is -0.114. The Hall–Kier alpha value is -4.61. The van der Waals surface area contributed by atoms with Gasteiger partial charge in [0.2, 0.25) is 5.91 Å². The van der Waals surface area contributed by atoms with Gasteiger partial charge in [-0.2, -0.15) is 0 Å². The van der Waals surface area contributed by atoms with Crippen molar-refractivity contribution < 1.29 is 31.9 Å². The van der Waals surface area contributed by atoms with Gasteiger partial charge in [0.1, 0.15) is 11.4 Å². The van der Waals surface area contributed by atoms with Crippen LogP contribution < -0.4 is 16.0 Å². The first kappa shape index (κ1) is 30.4. The fourth-order valence-electron chi connectivity index (χ4n) is 3.57. The predicted molar refractivity (Wildman–Crippen MR) is 154 cm³/mol. The first-order chi connectivity index (χ1) is 20.1. The van der Waals surface area contributed by atoms with E-state index >= 15 is 0 Å². The van der Waals surface area contributed by atoms with E-state index in [0.29, 0.717) is 26.7 Å². The summed E-state index contributed by atoms with van der Waals surface area (Å²) in [5.41, 5.74) is -0.103. The van der Waals surface area contributed by atoms with Gasteiger partial charge in [-0.05, 0) is 54.1 Å². The van der Waals surface area contributed by atoms with E-state index in [1.807, 2.05) is 5.32 Å². The molecule has 0 spiro atoms. The normalized spacial score (nSPS) is 11.1. The van der Waals surface area contributed by atoms with Gasteiger partial charge in [-0.25, -0.2) is 17.6 Å². The summed E-state index contributed by atoms with van der Waals surface area (Å²) >= 11 is 7.00. The highest BCUT2D eigenvalue weighted by Crippen LogP contribution is 2.26. The van der Waals surface area contributed by atoms with Crippen molar-refractivity contribution in [2.75, 3.05) is 16.4 Å². The summed E-state index contributed by atoms with van der Waals surface area (Å²) in [4.78, 5) is 38.8. The zero-order valence-electron chi connectivity index (χ0n) is 21.4. The monoisotopic (exact) mass is 613 g/mol. The third-order valence-corrected chi connectivity index (χ3v) is 6.76. The highest BCUT2D eigenvalue weighted by Gasteiger charge is 2.21. The summed E-state index contributed by atoms with van der Waals surface area (Å²) in [6, 6.07) is 21.3. The molecule has 4 aromatic rings. The molecule has 6 nitrogen and oxygen atoms in total. The van der Waals surface area contributed by atoms with E-state index in [1.54, 1.807) is 72.8 Å². The number of hydrogen-bond acceptors (Lipinski definition) is 4. The molecule has 0 bridgehead atoms. The standard InChI is InChI=1S/C30H20ClF4N3O3S/c31-19-9-4-6-17(12-19)13-24(37-29(40)18-7-2-1-3-8-18)30(41)36-20-10-5-11-21(14-20)42-16-25(39)38-28-26(34)22(32)15-23(33)27(28)35/h1-15H,16H2,(H,36,41)(H,37,40)(H,38,39)/b24-13-. The number of benzene rings is 4. The summed E-state index contributed by atoms with van der Waals surface area (Å²) in [7, 11) is 0. The van der Waals surface area contributed by atoms with Crippen molar-refractivity contribution in [3.05, 3.63) is 130 Å². The maximum Gasteiger partial charge on any atom is 0.272 e. The molecule has 0 heterocycles. The van der Waals surface area contributed by atoms with Gasteiger partial charge >= 0.3 is 0 Å². The van der Waals surface area contributed by atoms with Crippen molar-refractivity contribution in [3.63, 3.8) is 0 Å². The number of amides is 3. The number of nitrogens with one attached hydrogen (secondary N) is 3. The Balaban J connectivity index is 1.46. The molecule has 0 radical (unpaired) electrons. The number of thioether (sulfide) groups is 1. The largest absolute Gasteiger partial charge is 0.321 e. The molecule has 12 heteroatoms. The van der Waals surface area contributed by atoms with Gasteiger partial charge in [-0.15, -0.1) is 11.8 Å². The molecule has 4 aromatic carbocycles. The fraction of sp³-hybridized carbons (Fsp3) is 0.0333. The molecule has 0 aliphatic rings. The van der Waals surface area contributed by atoms with Crippen LogP contribution in [0.5, 0.6) is 0 Å². The van der Waals surface area contributed by atoms with Gasteiger partial charge in [0, 0.05) is 27.2 Å². The molecule has 214 valence electrons. The van der Waals surface area contributed by atoms with Crippen LogP contribution in [0.2, 0.25) is 5.02 Å². The molecule has 3 amide bonds. The molecular formula is C30H20ClF4N3O3S. The molecule has 3 N–H and O–H groups in total. The van der Waals surface area contributed by atoms with Crippen molar-refractivity contribution in [3.8, 4) is 0 Å². The average molecular weight is 614 g/mol. The third kappa shape index (κ3) is 7.99. The van der Waals surface area contributed by atoms with Crippen LogP contribution in [0.15, 0.2) is 95.5 Å². The van der Waals surface area contributed by atoms with E-state index in [9.17, 15) is 31.9 Å². The maximum atomic E-state index is 13.9. The van der Waals surface area contributed by atoms with Crippen molar-refractivity contribution in [1.82, 2.24) is 5.32 Å². The van der Waals surface area contributed by atoms with Gasteiger partial charge in [-0.1, -0.05) is 48.0 Å². The summed E-state index contributed by atoms with van der Waals surface area (Å²) in [6.45, 7) is 0. The summed E-state index contributed by atoms with van der Waals surface area (Å²) in [5, 5.41) is 7.55. The zero-order valence-corrected chi connectivity index (χ0v) is 23.0. The Morgan fingerprint density at radius 1 is 0.786 bits per heavy atom. The van der Waals surface area contributed by atoms with Crippen LogP contribution >= 0.6 is 23.4 Å². The Kier molecular flexibility index (Phi) is 10.00. The predicted octanol–water partition coefficient (Wildman–Crippen LogP) is 7.04. The lowest BCUT2D eigenvalue weighted by Crippen LogP contribution is -2.30. The minimum Gasteiger partial charge on any atom is -0.321 e. The molecule has 0 aliphatic carbocycles. The number of rotatable bonds is 9. The Morgan fingerprint density at radius 2 is 1.48 bits per heavy atom. The average Bonchev–Trinajstić information content (AvgIpc) is 2.97. The number of carbonyl (C=O) groups excluding carboxylic acids is 3. The first-order valence-corrected chi connectivity index (χ1v) is 13.5. The molecule has 0 aromatic heterocycles. The second kappa shape index (κ2) is 13.8. The summed E-state index contributed by atoms with van der Waals surface area (Å²) in [5.74, 6) is -9.21. The lowest BCUT2D eigenvalue weighted by Gasteiger charge is -2.12. The molecule has 0 saturated heterocycles. The lowest BCUT2D eigenvalue weighted by atomic mass is 10.1. The van der Waals surface area contributed by atoms with Crippen molar-refractivity contribution in [2.45, 2.75) is 4.90 Å². The van der Waals surface area contributed by atoms with E-state index in [1.165, 1.54) is 12.1 Å². The highest BCUT2D eigenvalue weighted by molar-refractivity contribution is 8.00. The van der Waals surface area contributed by atoms with E-state index in [0.717, 1.165) is 11.8 Å².